The molecule has 2 aliphatic heterocycles. The largest absolute Gasteiger partial charge is 0.497 e. The number of likely N-dealkylation sites (tertiary alicyclic amines) is 1. The van der Waals surface area contributed by atoms with Crippen molar-refractivity contribution in [1.29, 1.82) is 0 Å². The highest BCUT2D eigenvalue weighted by molar-refractivity contribution is 5.63. The Bertz CT molecular complexity index is 418. The van der Waals surface area contributed by atoms with E-state index in [1.807, 2.05) is 0 Å². The van der Waals surface area contributed by atoms with Gasteiger partial charge in [0.2, 0.25) is 0 Å². The van der Waals surface area contributed by atoms with Gasteiger partial charge >= 0.3 is 0 Å². The molecule has 1 saturated heterocycles. The van der Waals surface area contributed by atoms with Gasteiger partial charge in [0.15, 0.2) is 0 Å². The van der Waals surface area contributed by atoms with Crippen molar-refractivity contribution in [2.75, 3.05) is 39.1 Å². The highest BCUT2D eigenvalue weighted by Gasteiger charge is 2.43. The van der Waals surface area contributed by atoms with Gasteiger partial charge in [-0.3, -0.25) is 0 Å². The third-order valence-corrected chi connectivity index (χ3v) is 3.96. The first-order valence-electron chi connectivity index (χ1n) is 5.84. The fourth-order valence-corrected chi connectivity index (χ4v) is 3.06. The molecule has 0 saturated carbocycles. The van der Waals surface area contributed by atoms with Crippen LogP contribution >= 0.6 is 0 Å². The van der Waals surface area contributed by atoms with E-state index in [2.05, 4.69) is 35.5 Å². The minimum absolute atomic E-state index is 0.344. The van der Waals surface area contributed by atoms with E-state index in [9.17, 15) is 0 Å². The monoisotopic (exact) mass is 218 g/mol. The molecular formula is C13H18N2O. The molecule has 2 aliphatic rings. The van der Waals surface area contributed by atoms with Crippen LogP contribution in [0.5, 0.6) is 5.75 Å². The summed E-state index contributed by atoms with van der Waals surface area (Å²) in [6, 6.07) is 6.42. The van der Waals surface area contributed by atoms with Crippen LogP contribution in [0.4, 0.5) is 5.69 Å². The summed E-state index contributed by atoms with van der Waals surface area (Å²) in [6.45, 7) is 3.44. The third kappa shape index (κ3) is 1.31. The standard InChI is InChI=1S/C13H18N2O/c1-15-6-5-13(9-15)8-14-12-7-10(16-2)3-4-11(12)13/h3-4,7,14H,5-6,8-9H2,1-2H3. The van der Waals surface area contributed by atoms with Crippen molar-refractivity contribution in [2.45, 2.75) is 11.8 Å². The molecule has 1 spiro atoms. The molecule has 3 rings (SSSR count). The molecule has 1 aromatic rings. The molecule has 3 nitrogen and oxygen atoms in total. The summed E-state index contributed by atoms with van der Waals surface area (Å²) >= 11 is 0. The van der Waals surface area contributed by atoms with Crippen LogP contribution in [0.1, 0.15) is 12.0 Å². The van der Waals surface area contributed by atoms with E-state index in [-0.39, 0.29) is 0 Å². The number of rotatable bonds is 1. The van der Waals surface area contributed by atoms with Crippen molar-refractivity contribution in [2.24, 2.45) is 0 Å². The van der Waals surface area contributed by atoms with Crippen LogP contribution in [0.25, 0.3) is 0 Å². The molecule has 1 unspecified atom stereocenters. The zero-order chi connectivity index (χ0) is 11.2. The van der Waals surface area contributed by atoms with Crippen LogP contribution in [0.15, 0.2) is 18.2 Å². The minimum atomic E-state index is 0.344. The first kappa shape index (κ1) is 9.97. The number of ether oxygens (including phenoxy) is 1. The Morgan fingerprint density at radius 3 is 3.00 bits per heavy atom. The van der Waals surface area contributed by atoms with Crippen molar-refractivity contribution < 1.29 is 4.74 Å². The van der Waals surface area contributed by atoms with Crippen molar-refractivity contribution in [3.05, 3.63) is 23.8 Å². The van der Waals surface area contributed by atoms with E-state index in [1.54, 1.807) is 7.11 Å². The summed E-state index contributed by atoms with van der Waals surface area (Å²) in [5.41, 5.74) is 3.07. The van der Waals surface area contributed by atoms with Gasteiger partial charge in [-0.15, -0.1) is 0 Å². The number of benzene rings is 1. The molecule has 2 heterocycles. The fraction of sp³-hybridized carbons (Fsp3) is 0.538. The zero-order valence-electron chi connectivity index (χ0n) is 9.92. The van der Waals surface area contributed by atoms with Crippen molar-refractivity contribution in [1.82, 2.24) is 4.90 Å². The second-order valence-electron chi connectivity index (χ2n) is 5.03. The molecule has 0 aliphatic carbocycles. The van der Waals surface area contributed by atoms with E-state index < -0.39 is 0 Å². The minimum Gasteiger partial charge on any atom is -0.497 e. The topological polar surface area (TPSA) is 24.5 Å². The number of methoxy groups -OCH3 is 1. The first-order chi connectivity index (χ1) is 7.73. The Balaban J connectivity index is 2.00. The first-order valence-corrected chi connectivity index (χ1v) is 5.84. The van der Waals surface area contributed by atoms with Crippen LogP contribution < -0.4 is 10.1 Å². The highest BCUT2D eigenvalue weighted by atomic mass is 16.5. The van der Waals surface area contributed by atoms with Gasteiger partial charge in [0.05, 0.1) is 7.11 Å². The molecule has 1 aromatic carbocycles. The summed E-state index contributed by atoms with van der Waals surface area (Å²) < 4.78 is 5.26. The van der Waals surface area contributed by atoms with Crippen molar-refractivity contribution >= 4 is 5.69 Å². The van der Waals surface area contributed by atoms with Gasteiger partial charge in [0, 0.05) is 30.3 Å². The van der Waals surface area contributed by atoms with E-state index in [0.717, 1.165) is 12.3 Å². The van der Waals surface area contributed by atoms with Crippen LogP contribution in [-0.4, -0.2) is 38.7 Å². The van der Waals surface area contributed by atoms with E-state index in [0.29, 0.717) is 5.41 Å². The second kappa shape index (κ2) is 3.39. The Morgan fingerprint density at radius 2 is 2.31 bits per heavy atom. The van der Waals surface area contributed by atoms with Gasteiger partial charge in [-0.25, -0.2) is 0 Å². The van der Waals surface area contributed by atoms with Gasteiger partial charge in [-0.2, -0.15) is 0 Å². The van der Waals surface area contributed by atoms with E-state index >= 15 is 0 Å². The Kier molecular flexibility index (Phi) is 2.11. The molecule has 3 heteroatoms. The lowest BCUT2D eigenvalue weighted by molar-refractivity contribution is 0.381. The normalized spacial score (nSPS) is 28.1. The second-order valence-corrected chi connectivity index (χ2v) is 5.03. The summed E-state index contributed by atoms with van der Waals surface area (Å²) in [4.78, 5) is 2.42. The summed E-state index contributed by atoms with van der Waals surface area (Å²) in [5, 5.41) is 3.52. The van der Waals surface area contributed by atoms with Crippen LogP contribution in [0, 0.1) is 0 Å². The average Bonchev–Trinajstić information content (AvgIpc) is 2.85. The molecule has 0 bridgehead atoms. The lowest BCUT2D eigenvalue weighted by atomic mass is 9.81. The number of likely N-dealkylation sites (N-methyl/N-ethyl adjacent to an activating group) is 1. The summed E-state index contributed by atoms with van der Waals surface area (Å²) in [7, 11) is 3.92. The average molecular weight is 218 g/mol. The molecule has 1 fully saturated rings. The number of hydrogen-bond donors (Lipinski definition) is 1. The maximum absolute atomic E-state index is 5.26. The Labute approximate surface area is 96.4 Å². The molecule has 0 amide bonds. The predicted octanol–water partition coefficient (Wildman–Crippen LogP) is 1.69. The molecule has 0 aromatic heterocycles. The van der Waals surface area contributed by atoms with Gasteiger partial charge < -0.3 is 15.0 Å². The Morgan fingerprint density at radius 1 is 1.44 bits per heavy atom. The number of nitrogens with one attached hydrogen (secondary N) is 1. The zero-order valence-corrected chi connectivity index (χ0v) is 9.92. The maximum Gasteiger partial charge on any atom is 0.120 e. The molecule has 1 atom stereocenters. The highest BCUT2D eigenvalue weighted by Crippen LogP contribution is 2.43. The Hall–Kier alpha value is -1.22. The number of anilines is 1. The van der Waals surface area contributed by atoms with Crippen LogP contribution in [-0.2, 0) is 5.41 Å². The smallest absolute Gasteiger partial charge is 0.120 e. The molecule has 86 valence electrons. The van der Waals surface area contributed by atoms with Crippen molar-refractivity contribution in [3.63, 3.8) is 0 Å². The van der Waals surface area contributed by atoms with Gasteiger partial charge in [0.1, 0.15) is 5.75 Å². The molecular weight excluding hydrogens is 200 g/mol. The summed E-state index contributed by atoms with van der Waals surface area (Å²) in [5.74, 6) is 0.939. The molecule has 1 N–H and O–H groups in total. The predicted molar refractivity (Wildman–Crippen MR) is 65.3 cm³/mol. The lowest BCUT2D eigenvalue weighted by Gasteiger charge is -2.23. The number of hydrogen-bond acceptors (Lipinski definition) is 3. The number of nitrogens with zero attached hydrogens (tertiary/aromatic N) is 1. The van der Waals surface area contributed by atoms with Crippen LogP contribution in [0.2, 0.25) is 0 Å². The van der Waals surface area contributed by atoms with Crippen LogP contribution in [0.3, 0.4) is 0 Å². The molecule has 0 radical (unpaired) electrons. The van der Waals surface area contributed by atoms with Gasteiger partial charge in [0.25, 0.3) is 0 Å². The van der Waals surface area contributed by atoms with Gasteiger partial charge in [-0.1, -0.05) is 6.07 Å². The summed E-state index contributed by atoms with van der Waals surface area (Å²) in [6.07, 6.45) is 1.26. The lowest BCUT2D eigenvalue weighted by Crippen LogP contribution is -2.31. The van der Waals surface area contributed by atoms with Crippen molar-refractivity contribution in [3.8, 4) is 5.75 Å². The fourth-order valence-electron chi connectivity index (χ4n) is 3.06. The third-order valence-electron chi connectivity index (χ3n) is 3.96. The van der Waals surface area contributed by atoms with E-state index in [1.165, 1.54) is 30.8 Å². The number of fused-ring (bicyclic) bond motifs is 2. The molecule has 16 heavy (non-hydrogen) atoms. The maximum atomic E-state index is 5.26. The van der Waals surface area contributed by atoms with E-state index in [4.69, 9.17) is 4.74 Å². The quantitative estimate of drug-likeness (QED) is 0.776. The van der Waals surface area contributed by atoms with Gasteiger partial charge in [-0.05, 0) is 31.6 Å². The SMILES string of the molecule is COc1ccc2c(c1)NCC21CCN(C)C1.